The molecule has 3 atom stereocenters. The molecule has 0 aliphatic heterocycles. The monoisotopic (exact) mass is 632 g/mol. The van der Waals surface area contributed by atoms with Gasteiger partial charge in [-0.05, 0) is 20.8 Å². The Morgan fingerprint density at radius 3 is 2.18 bits per heavy atom. The molecule has 0 aliphatic rings. The molecule has 0 aliphatic carbocycles. The molecule has 0 unspecified atom stereocenters. The van der Waals surface area contributed by atoms with Crippen LogP contribution in [0, 0.1) is 5.92 Å². The SMILES string of the molecule is CSCC[C@H](N[Se]C(=O)CNC(=O)[C@@H](NC(=O)[C@H](Cc1ccccc1)NC(=O)OC(C)(C)C)C(C)C)C(=O)O. The first kappa shape index (κ1) is 34.4. The Bertz CT molecular complexity index is 973. The van der Waals surface area contributed by atoms with Crippen LogP contribution >= 0.6 is 11.8 Å². The van der Waals surface area contributed by atoms with E-state index >= 15 is 0 Å². The molecule has 0 radical (unpaired) electrons. The number of nitrogens with one attached hydrogen (secondary N) is 4. The molecule has 218 valence electrons. The summed E-state index contributed by atoms with van der Waals surface area (Å²) in [5.74, 6) is -1.86. The molecule has 0 heterocycles. The van der Waals surface area contributed by atoms with E-state index in [2.05, 4.69) is 20.3 Å². The minimum absolute atomic E-state index is 0.173. The van der Waals surface area contributed by atoms with Crippen molar-refractivity contribution in [3.05, 3.63) is 35.9 Å². The summed E-state index contributed by atoms with van der Waals surface area (Å²) >= 11 is 0.667. The van der Waals surface area contributed by atoms with Crippen LogP contribution in [0.2, 0.25) is 0 Å². The van der Waals surface area contributed by atoms with Crippen LogP contribution in [0.3, 0.4) is 0 Å². The fourth-order valence-electron chi connectivity index (χ4n) is 3.21. The van der Waals surface area contributed by atoms with Gasteiger partial charge in [-0.3, -0.25) is 0 Å². The van der Waals surface area contributed by atoms with Gasteiger partial charge in [-0.15, -0.1) is 0 Å². The summed E-state index contributed by atoms with van der Waals surface area (Å²) in [4.78, 5) is 62.2. The molecule has 3 amide bonds. The van der Waals surface area contributed by atoms with E-state index < -0.39 is 62.8 Å². The third kappa shape index (κ3) is 14.4. The third-order valence-corrected chi connectivity index (χ3v) is 7.44. The number of carboxylic acid groups (broad SMARTS) is 1. The van der Waals surface area contributed by atoms with Crippen LogP contribution in [0.1, 0.15) is 46.6 Å². The number of ether oxygens (including phenoxy) is 1. The zero-order valence-electron chi connectivity index (χ0n) is 23.2. The Hall–Kier alpha value is -2.60. The second-order valence-corrected chi connectivity index (χ2v) is 13.0. The second-order valence-electron chi connectivity index (χ2n) is 10.1. The summed E-state index contributed by atoms with van der Waals surface area (Å²) in [6, 6.07) is 6.29. The van der Waals surface area contributed by atoms with E-state index in [1.54, 1.807) is 34.6 Å². The number of carbonyl (C=O) groups excluding carboxylic acids is 4. The molecule has 0 spiro atoms. The molecule has 0 saturated carbocycles. The molecule has 5 N–H and O–H groups in total. The van der Waals surface area contributed by atoms with Gasteiger partial charge >= 0.3 is 214 Å². The van der Waals surface area contributed by atoms with Gasteiger partial charge in [0.15, 0.2) is 0 Å². The Labute approximate surface area is 240 Å². The maximum absolute atomic E-state index is 13.2. The predicted molar refractivity (Wildman–Crippen MR) is 151 cm³/mol. The van der Waals surface area contributed by atoms with E-state index in [-0.39, 0.29) is 23.6 Å². The molecule has 1 rings (SSSR count). The number of aliphatic carboxylic acids is 1. The van der Waals surface area contributed by atoms with E-state index in [1.165, 1.54) is 11.8 Å². The first-order valence-corrected chi connectivity index (χ1v) is 15.6. The van der Waals surface area contributed by atoms with Crippen molar-refractivity contribution in [2.75, 3.05) is 18.6 Å². The fraction of sp³-hybridized carbons (Fsp3) is 0.577. The van der Waals surface area contributed by atoms with Gasteiger partial charge in [0.25, 0.3) is 0 Å². The zero-order chi connectivity index (χ0) is 29.6. The van der Waals surface area contributed by atoms with Gasteiger partial charge in [0.1, 0.15) is 0 Å². The van der Waals surface area contributed by atoms with Crippen LogP contribution in [0.25, 0.3) is 0 Å². The van der Waals surface area contributed by atoms with Gasteiger partial charge in [-0.1, -0.05) is 6.07 Å². The van der Waals surface area contributed by atoms with Gasteiger partial charge in [0.2, 0.25) is 0 Å². The maximum atomic E-state index is 13.2. The molecule has 11 nitrogen and oxygen atoms in total. The second kappa shape index (κ2) is 17.2. The molecular weight excluding hydrogens is 591 g/mol. The van der Waals surface area contributed by atoms with E-state index in [1.807, 2.05) is 36.6 Å². The van der Waals surface area contributed by atoms with Gasteiger partial charge in [0.05, 0.1) is 0 Å². The van der Waals surface area contributed by atoms with Gasteiger partial charge < -0.3 is 0 Å². The van der Waals surface area contributed by atoms with Crippen molar-refractivity contribution in [3.63, 3.8) is 0 Å². The van der Waals surface area contributed by atoms with Crippen molar-refractivity contribution < 1.29 is 33.8 Å². The van der Waals surface area contributed by atoms with Gasteiger partial charge in [-0.2, -0.15) is 0 Å². The van der Waals surface area contributed by atoms with Crippen molar-refractivity contribution in [2.24, 2.45) is 5.92 Å². The van der Waals surface area contributed by atoms with E-state index in [0.717, 1.165) is 5.56 Å². The van der Waals surface area contributed by atoms with Crippen molar-refractivity contribution in [2.45, 2.75) is 71.2 Å². The molecule has 13 heteroatoms. The van der Waals surface area contributed by atoms with Crippen LogP contribution in [-0.4, -0.2) is 91.1 Å². The van der Waals surface area contributed by atoms with Crippen LogP contribution in [0.15, 0.2) is 30.3 Å². The first-order chi connectivity index (χ1) is 18.2. The van der Waals surface area contributed by atoms with Crippen molar-refractivity contribution in [3.8, 4) is 0 Å². The standard InChI is InChI=1S/C26H40N4O7SSe/c1-16(2)21(23(33)27-15-20(31)39-30-18(24(34)35)12-13-38-6)29-22(32)19(14-17-10-8-7-9-11-17)28-25(36)37-26(3,4)5/h7-11,16,18-19,21,30H,12-15H2,1-6H3,(H,27,33)(H,28,36)(H,29,32)(H,34,35)/t18-,19-,21-/m0/s1. The summed E-state index contributed by atoms with van der Waals surface area (Å²) in [7, 11) is 0. The molecule has 1 aromatic rings. The third-order valence-electron chi connectivity index (χ3n) is 5.17. The number of amides is 3. The number of benzene rings is 1. The summed E-state index contributed by atoms with van der Waals surface area (Å²) < 4.78 is 7.73. The Balaban J connectivity index is 2.83. The number of carbonyl (C=O) groups is 5. The average molecular weight is 632 g/mol. The Morgan fingerprint density at radius 1 is 1.00 bits per heavy atom. The van der Waals surface area contributed by atoms with Crippen LogP contribution in [0.4, 0.5) is 4.79 Å². The number of rotatable bonds is 16. The van der Waals surface area contributed by atoms with Crippen LogP contribution in [0.5, 0.6) is 0 Å². The number of thioether (sulfide) groups is 1. The fourth-order valence-corrected chi connectivity index (χ4v) is 5.02. The summed E-state index contributed by atoms with van der Waals surface area (Å²) in [6.07, 6.45) is 1.65. The number of hydrogen-bond donors (Lipinski definition) is 5. The Kier molecular flexibility index (Phi) is 15.2. The van der Waals surface area contributed by atoms with Gasteiger partial charge in [-0.25, -0.2) is 0 Å². The van der Waals surface area contributed by atoms with Gasteiger partial charge in [0, 0.05) is 0 Å². The van der Waals surface area contributed by atoms with Crippen LogP contribution < -0.4 is 20.3 Å². The first-order valence-electron chi connectivity index (χ1n) is 12.5. The zero-order valence-corrected chi connectivity index (χ0v) is 25.8. The molecule has 0 aromatic heterocycles. The summed E-state index contributed by atoms with van der Waals surface area (Å²) in [6.45, 7) is 8.32. The summed E-state index contributed by atoms with van der Waals surface area (Å²) in [5.41, 5.74) is 0.0392. The molecule has 0 bridgehead atoms. The number of hydrogen-bond acceptors (Lipinski definition) is 8. The van der Waals surface area contributed by atoms with Crippen molar-refractivity contribution in [1.82, 2.24) is 20.3 Å². The van der Waals surface area contributed by atoms with E-state index in [4.69, 9.17) is 4.74 Å². The number of carboxylic acids is 1. The molecule has 0 fully saturated rings. The molecular formula is C26H40N4O7SSe. The quantitative estimate of drug-likeness (QED) is 0.169. The minimum atomic E-state index is -1.03. The normalized spacial score (nSPS) is 13.6. The van der Waals surface area contributed by atoms with E-state index in [0.29, 0.717) is 12.2 Å². The predicted octanol–water partition coefficient (Wildman–Crippen LogP) is 1.32. The molecule has 1 aromatic carbocycles. The van der Waals surface area contributed by atoms with Crippen molar-refractivity contribution in [1.29, 1.82) is 0 Å². The van der Waals surface area contributed by atoms with Crippen molar-refractivity contribution >= 4 is 55.5 Å². The molecule has 0 saturated heterocycles. The number of alkyl carbamates (subject to hydrolysis) is 1. The topological polar surface area (TPSA) is 163 Å². The Morgan fingerprint density at radius 2 is 1.64 bits per heavy atom. The van der Waals surface area contributed by atoms with Crippen LogP contribution in [-0.2, 0) is 30.3 Å². The molecule has 39 heavy (non-hydrogen) atoms. The summed E-state index contributed by atoms with van der Waals surface area (Å²) in [5, 5.41) is 17.1. The van der Waals surface area contributed by atoms with E-state index in [9.17, 15) is 29.1 Å². The average Bonchev–Trinajstić information content (AvgIpc) is 2.84.